The Labute approximate surface area is 158 Å². The lowest BCUT2D eigenvalue weighted by Crippen LogP contribution is -2.36. The van der Waals surface area contributed by atoms with Crippen LogP contribution in [-0.4, -0.2) is 11.6 Å². The first-order chi connectivity index (χ1) is 11.9. The molecular formula is C21H19Cl2NO. The molecule has 2 aromatic rings. The number of allylic oxidation sites excluding steroid dienone is 1. The number of aliphatic imine (C=N–C) groups is 1. The van der Waals surface area contributed by atoms with E-state index in [-0.39, 0.29) is 11.8 Å². The van der Waals surface area contributed by atoms with Crippen molar-refractivity contribution in [2.24, 2.45) is 10.4 Å². The molecule has 0 aliphatic carbocycles. The molecule has 0 radical (unpaired) electrons. The SMILES string of the molecule is C=CC[C@@]1(C)C[C@H](c2cccc(Cl)c2)C(c2ccc(Cl)cc2)=NC1=O. The number of halogens is 2. The fourth-order valence-corrected chi connectivity index (χ4v) is 3.66. The van der Waals surface area contributed by atoms with Crippen molar-refractivity contribution >= 4 is 34.8 Å². The van der Waals surface area contributed by atoms with Crippen molar-refractivity contribution in [2.45, 2.75) is 25.7 Å². The normalized spacial score (nSPS) is 23.2. The molecule has 0 saturated heterocycles. The molecule has 1 amide bonds. The van der Waals surface area contributed by atoms with E-state index in [1.807, 2.05) is 55.5 Å². The molecule has 0 N–H and O–H groups in total. The van der Waals surface area contributed by atoms with Gasteiger partial charge in [0.2, 0.25) is 0 Å². The van der Waals surface area contributed by atoms with Crippen LogP contribution < -0.4 is 0 Å². The summed E-state index contributed by atoms with van der Waals surface area (Å²) >= 11 is 12.2. The van der Waals surface area contributed by atoms with Gasteiger partial charge in [0.15, 0.2) is 0 Å². The number of amides is 1. The van der Waals surface area contributed by atoms with Crippen molar-refractivity contribution in [2.75, 3.05) is 0 Å². The summed E-state index contributed by atoms with van der Waals surface area (Å²) in [6.45, 7) is 5.75. The second kappa shape index (κ2) is 7.15. The van der Waals surface area contributed by atoms with E-state index in [9.17, 15) is 4.79 Å². The molecule has 4 heteroatoms. The molecule has 3 rings (SSSR count). The van der Waals surface area contributed by atoms with E-state index in [2.05, 4.69) is 11.6 Å². The Hall–Kier alpha value is -1.90. The molecule has 0 aromatic heterocycles. The molecule has 0 saturated carbocycles. The molecule has 0 unspecified atom stereocenters. The largest absolute Gasteiger partial charge is 0.272 e. The van der Waals surface area contributed by atoms with E-state index in [0.29, 0.717) is 22.9 Å². The van der Waals surface area contributed by atoms with Crippen LogP contribution in [0.5, 0.6) is 0 Å². The van der Waals surface area contributed by atoms with Gasteiger partial charge in [-0.1, -0.05) is 60.5 Å². The van der Waals surface area contributed by atoms with Gasteiger partial charge in [-0.25, -0.2) is 4.99 Å². The lowest BCUT2D eigenvalue weighted by atomic mass is 9.71. The zero-order valence-corrected chi connectivity index (χ0v) is 15.5. The Morgan fingerprint density at radius 2 is 1.92 bits per heavy atom. The average Bonchev–Trinajstić information content (AvgIpc) is 2.58. The van der Waals surface area contributed by atoms with Gasteiger partial charge < -0.3 is 0 Å². The average molecular weight is 372 g/mol. The van der Waals surface area contributed by atoms with Crippen LogP contribution in [0.15, 0.2) is 66.2 Å². The molecule has 128 valence electrons. The lowest BCUT2D eigenvalue weighted by molar-refractivity contribution is -0.127. The third kappa shape index (κ3) is 3.70. The van der Waals surface area contributed by atoms with Crippen molar-refractivity contribution in [1.82, 2.24) is 0 Å². The zero-order chi connectivity index (χ0) is 18.0. The molecule has 0 fully saturated rings. The molecule has 1 aliphatic rings. The topological polar surface area (TPSA) is 29.4 Å². The van der Waals surface area contributed by atoms with Gasteiger partial charge in [-0.15, -0.1) is 6.58 Å². The first-order valence-corrected chi connectivity index (χ1v) is 8.94. The highest BCUT2D eigenvalue weighted by atomic mass is 35.5. The summed E-state index contributed by atoms with van der Waals surface area (Å²) in [5.41, 5.74) is 2.18. The van der Waals surface area contributed by atoms with Gasteiger partial charge in [0.1, 0.15) is 0 Å². The van der Waals surface area contributed by atoms with Crippen molar-refractivity contribution in [3.05, 3.63) is 82.4 Å². The molecule has 1 heterocycles. The maximum Gasteiger partial charge on any atom is 0.252 e. The van der Waals surface area contributed by atoms with E-state index in [4.69, 9.17) is 23.2 Å². The summed E-state index contributed by atoms with van der Waals surface area (Å²) in [6.07, 6.45) is 3.05. The number of benzene rings is 2. The second-order valence-electron chi connectivity index (χ2n) is 6.67. The maximum absolute atomic E-state index is 12.7. The number of carbonyl (C=O) groups excluding carboxylic acids is 1. The molecule has 1 aliphatic heterocycles. The highest BCUT2D eigenvalue weighted by molar-refractivity contribution is 6.31. The van der Waals surface area contributed by atoms with Crippen molar-refractivity contribution in [3.8, 4) is 0 Å². The first-order valence-electron chi connectivity index (χ1n) is 8.18. The Balaban J connectivity index is 2.12. The first kappa shape index (κ1) is 17.9. The molecule has 0 spiro atoms. The molecule has 0 bridgehead atoms. The van der Waals surface area contributed by atoms with Gasteiger partial charge in [0.25, 0.3) is 5.91 Å². The van der Waals surface area contributed by atoms with Crippen LogP contribution in [0.1, 0.15) is 36.8 Å². The van der Waals surface area contributed by atoms with Crippen LogP contribution in [0.25, 0.3) is 0 Å². The molecule has 25 heavy (non-hydrogen) atoms. The number of nitrogens with zero attached hydrogens (tertiary/aromatic N) is 1. The highest BCUT2D eigenvalue weighted by Gasteiger charge is 2.41. The fraction of sp³-hybridized carbons (Fsp3) is 0.238. The highest BCUT2D eigenvalue weighted by Crippen LogP contribution is 2.42. The monoisotopic (exact) mass is 371 g/mol. The predicted molar refractivity (Wildman–Crippen MR) is 105 cm³/mol. The van der Waals surface area contributed by atoms with Crippen LogP contribution in [0.2, 0.25) is 10.0 Å². The lowest BCUT2D eigenvalue weighted by Gasteiger charge is -2.35. The summed E-state index contributed by atoms with van der Waals surface area (Å²) in [6, 6.07) is 15.2. The van der Waals surface area contributed by atoms with Gasteiger partial charge in [-0.05, 0) is 48.2 Å². The van der Waals surface area contributed by atoms with E-state index < -0.39 is 5.41 Å². The van der Waals surface area contributed by atoms with E-state index in [1.165, 1.54) is 0 Å². The van der Waals surface area contributed by atoms with Crippen LogP contribution in [0.4, 0.5) is 0 Å². The van der Waals surface area contributed by atoms with Crippen molar-refractivity contribution in [3.63, 3.8) is 0 Å². The van der Waals surface area contributed by atoms with E-state index >= 15 is 0 Å². The van der Waals surface area contributed by atoms with Gasteiger partial charge in [0.05, 0.1) is 11.1 Å². The summed E-state index contributed by atoms with van der Waals surface area (Å²) < 4.78 is 0. The summed E-state index contributed by atoms with van der Waals surface area (Å²) in [5.74, 6) is -0.113. The molecular weight excluding hydrogens is 353 g/mol. The summed E-state index contributed by atoms with van der Waals surface area (Å²) in [4.78, 5) is 17.2. The minimum absolute atomic E-state index is 0.0116. The van der Waals surface area contributed by atoms with Crippen LogP contribution in [0, 0.1) is 5.41 Å². The van der Waals surface area contributed by atoms with Crippen molar-refractivity contribution < 1.29 is 4.79 Å². The predicted octanol–water partition coefficient (Wildman–Crippen LogP) is 6.08. The van der Waals surface area contributed by atoms with Crippen molar-refractivity contribution in [1.29, 1.82) is 0 Å². The number of hydrogen-bond donors (Lipinski definition) is 0. The summed E-state index contributed by atoms with van der Waals surface area (Å²) in [5, 5.41) is 1.33. The van der Waals surface area contributed by atoms with Gasteiger partial charge in [-0.2, -0.15) is 0 Å². The van der Waals surface area contributed by atoms with E-state index in [1.54, 1.807) is 6.08 Å². The maximum atomic E-state index is 12.7. The second-order valence-corrected chi connectivity index (χ2v) is 7.55. The smallest absolute Gasteiger partial charge is 0.252 e. The third-order valence-electron chi connectivity index (χ3n) is 4.71. The minimum atomic E-state index is -0.551. The molecule has 2 atom stereocenters. The van der Waals surface area contributed by atoms with Crippen LogP contribution in [0.3, 0.4) is 0 Å². The van der Waals surface area contributed by atoms with Gasteiger partial charge in [0, 0.05) is 16.0 Å². The fourth-order valence-electron chi connectivity index (χ4n) is 3.33. The minimum Gasteiger partial charge on any atom is -0.272 e. The summed E-state index contributed by atoms with van der Waals surface area (Å²) in [7, 11) is 0. The van der Waals surface area contributed by atoms with Crippen LogP contribution >= 0.6 is 23.2 Å². The number of rotatable bonds is 4. The van der Waals surface area contributed by atoms with Crippen LogP contribution in [-0.2, 0) is 4.79 Å². The molecule has 2 nitrogen and oxygen atoms in total. The van der Waals surface area contributed by atoms with Gasteiger partial charge in [-0.3, -0.25) is 4.79 Å². The Morgan fingerprint density at radius 3 is 2.56 bits per heavy atom. The quantitative estimate of drug-likeness (QED) is 0.598. The standard InChI is InChI=1S/C21H19Cl2NO/c1-3-11-21(2)13-18(15-5-4-6-17(23)12-15)19(24-20(21)25)14-7-9-16(22)10-8-14/h3-10,12,18H,1,11,13H2,2H3/t18-,21+/m1/s1. The van der Waals surface area contributed by atoms with Gasteiger partial charge >= 0.3 is 0 Å². The molecule has 2 aromatic carbocycles. The Morgan fingerprint density at radius 1 is 1.20 bits per heavy atom. The zero-order valence-electron chi connectivity index (χ0n) is 14.0. The third-order valence-corrected chi connectivity index (χ3v) is 5.20. The number of hydrogen-bond acceptors (Lipinski definition) is 1. The number of carbonyl (C=O) groups is 1. The van der Waals surface area contributed by atoms with E-state index in [0.717, 1.165) is 16.8 Å². The Bertz CT molecular complexity index is 841. The Kier molecular flexibility index (Phi) is 5.12.